The molecule has 2 N–H and O–H groups in total. The third-order valence-electron chi connectivity index (χ3n) is 9.47. The molecule has 0 radical (unpaired) electrons. The third kappa shape index (κ3) is 5.63. The molecule has 252 valence electrons. The summed E-state index contributed by atoms with van der Waals surface area (Å²) in [5.74, 6) is -0.688. The van der Waals surface area contributed by atoms with Crippen molar-refractivity contribution in [2.24, 2.45) is 0 Å². The first kappa shape index (κ1) is 33.8. The van der Waals surface area contributed by atoms with Crippen molar-refractivity contribution in [3.8, 4) is 22.4 Å². The molecule has 1 fully saturated rings. The van der Waals surface area contributed by atoms with Gasteiger partial charge in [0.25, 0.3) is 6.43 Å². The van der Waals surface area contributed by atoms with E-state index in [1.807, 2.05) is 53.1 Å². The summed E-state index contributed by atoms with van der Waals surface area (Å²) in [6.45, 7) is -0.553. The zero-order chi connectivity index (χ0) is 35.9. The van der Waals surface area contributed by atoms with Crippen molar-refractivity contribution in [3.63, 3.8) is 0 Å². The Kier molecular flexibility index (Phi) is 8.09. The molecule has 0 unspecified atom stereocenters. The number of halogens is 3. The highest BCUT2D eigenvalue weighted by molar-refractivity contribution is 6.57. The van der Waals surface area contributed by atoms with E-state index in [1.54, 1.807) is 38.3 Å². The Labute approximate surface area is 289 Å². The molecule has 1 aromatic carbocycles. The van der Waals surface area contributed by atoms with Gasteiger partial charge in [0, 0.05) is 29.2 Å². The molecule has 6 aromatic rings. The second-order valence-corrected chi connectivity index (χ2v) is 15.0. The summed E-state index contributed by atoms with van der Waals surface area (Å²) in [5.41, 5.74) is 3.79. The SMILES string of the molecule is BC(B)(B)n1cc(-c2[nH]c3ncc4c(c3c2-c2ccc3c(cnn3CC(F)F)c2)n([C@@H]2CC[C@@H](NC(=O)OC)C2)c(=O)n4C(B)(B)B)c(F)n1. The van der Waals surface area contributed by atoms with Crippen LogP contribution in [0.2, 0.25) is 0 Å². The standard InChI is InChI=1S/C29H34B6F3N9O3/c1-50-26(48)41-14-3-4-15(7-14)46-23-18(47(27(46)49)29(33,34)35)9-39-25-21(23)20(22(42-25)16-10-45(28(30,31)32)43-24(16)38)12-2-5-17-13(6-12)8-40-44(17)11-19(36)37/h2,5-6,8-10,14-15,19H,3-4,7,11,30-35H2,1H3,(H,39,42)(H,41,48)/t14-,15-/m1/s1. The van der Waals surface area contributed by atoms with Gasteiger partial charge in [-0.1, -0.05) is 6.07 Å². The van der Waals surface area contributed by atoms with E-state index in [0.29, 0.717) is 69.1 Å². The van der Waals surface area contributed by atoms with Crippen molar-refractivity contribution in [3.05, 3.63) is 53.2 Å². The minimum Gasteiger partial charge on any atom is -0.453 e. The number of hydrogen-bond acceptors (Lipinski definition) is 6. The largest absolute Gasteiger partial charge is 0.453 e. The van der Waals surface area contributed by atoms with E-state index < -0.39 is 35.5 Å². The lowest BCUT2D eigenvalue weighted by molar-refractivity contribution is 0.123. The molecule has 0 spiro atoms. The summed E-state index contributed by atoms with van der Waals surface area (Å²) in [5, 5.41) is 11.3. The predicted octanol–water partition coefficient (Wildman–Crippen LogP) is -1.65. The summed E-state index contributed by atoms with van der Waals surface area (Å²) in [6.07, 6.45) is 3.48. The Morgan fingerprint density at radius 3 is 2.54 bits per heavy atom. The number of fused-ring (bicyclic) bond motifs is 4. The average Bonchev–Trinajstić information content (AvgIpc) is 3.84. The molecule has 1 aliphatic rings. The number of nitrogens with zero attached hydrogens (tertiary/aromatic N) is 7. The Morgan fingerprint density at radius 1 is 1.12 bits per heavy atom. The normalized spacial score (nSPS) is 17.1. The van der Waals surface area contributed by atoms with Gasteiger partial charge in [0.2, 0.25) is 5.95 Å². The van der Waals surface area contributed by atoms with Crippen LogP contribution in [0.25, 0.3) is 55.4 Å². The van der Waals surface area contributed by atoms with Gasteiger partial charge in [-0.05, 0) is 47.4 Å². The first-order chi connectivity index (χ1) is 23.6. The number of alkyl carbamates (subject to hydrolysis) is 1. The van der Waals surface area contributed by atoms with Crippen molar-refractivity contribution in [2.75, 3.05) is 7.11 Å². The molecular weight excluding hydrogens is 644 g/mol. The molecule has 1 aliphatic carbocycles. The molecular formula is C29H34B6F3N9O3. The molecule has 1 saturated carbocycles. The lowest BCUT2D eigenvalue weighted by Crippen LogP contribution is -2.43. The number of aromatic nitrogens is 8. The molecule has 7 rings (SSSR count). The number of amides is 1. The number of carbonyl (C=O) groups is 1. The first-order valence-corrected chi connectivity index (χ1v) is 16.6. The van der Waals surface area contributed by atoms with Crippen LogP contribution in [0.4, 0.5) is 18.0 Å². The lowest BCUT2D eigenvalue weighted by atomic mass is 9.49. The Bertz CT molecular complexity index is 2360. The summed E-state index contributed by atoms with van der Waals surface area (Å²) in [4.78, 5) is 34.8. The number of imidazole rings is 1. The van der Waals surface area contributed by atoms with Crippen molar-refractivity contribution in [1.29, 1.82) is 0 Å². The number of nitrogens with one attached hydrogen (secondary N) is 2. The summed E-state index contributed by atoms with van der Waals surface area (Å²) in [6, 6.07) is 4.87. The maximum Gasteiger partial charge on any atom is 0.407 e. The van der Waals surface area contributed by atoms with Crippen molar-refractivity contribution >= 4 is 86.1 Å². The quantitative estimate of drug-likeness (QED) is 0.186. The molecule has 5 aromatic heterocycles. The maximum absolute atomic E-state index is 15.9. The molecule has 0 bridgehead atoms. The van der Waals surface area contributed by atoms with Gasteiger partial charge in [-0.25, -0.2) is 23.4 Å². The second kappa shape index (κ2) is 12.0. The van der Waals surface area contributed by atoms with E-state index in [9.17, 15) is 18.4 Å². The van der Waals surface area contributed by atoms with Gasteiger partial charge in [-0.2, -0.15) is 9.49 Å². The molecule has 5 heterocycles. The van der Waals surface area contributed by atoms with Crippen LogP contribution >= 0.6 is 0 Å². The number of alkyl halides is 2. The molecule has 0 saturated heterocycles. The number of ether oxygens (including phenoxy) is 1. The minimum absolute atomic E-state index is 0.199. The van der Waals surface area contributed by atoms with Crippen LogP contribution in [0.3, 0.4) is 0 Å². The maximum atomic E-state index is 15.9. The van der Waals surface area contributed by atoms with Gasteiger partial charge in [0.05, 0.1) is 52.7 Å². The monoisotopic (exact) mass is 679 g/mol. The number of carbonyl (C=O) groups excluding carboxylic acids is 1. The first-order valence-electron chi connectivity index (χ1n) is 16.6. The zero-order valence-electron chi connectivity index (χ0n) is 29.0. The highest BCUT2D eigenvalue weighted by Gasteiger charge is 2.35. The van der Waals surface area contributed by atoms with Crippen molar-refractivity contribution in [1.82, 2.24) is 44.0 Å². The van der Waals surface area contributed by atoms with Crippen LogP contribution in [-0.4, -0.2) is 111 Å². The van der Waals surface area contributed by atoms with E-state index >= 15 is 4.39 Å². The minimum atomic E-state index is -2.58. The fourth-order valence-electron chi connectivity index (χ4n) is 7.25. The lowest BCUT2D eigenvalue weighted by Gasteiger charge is -2.21. The molecule has 21 heteroatoms. The van der Waals surface area contributed by atoms with Crippen LogP contribution in [0.1, 0.15) is 25.3 Å². The highest BCUT2D eigenvalue weighted by Crippen LogP contribution is 2.44. The second-order valence-electron chi connectivity index (χ2n) is 15.0. The molecule has 12 nitrogen and oxygen atoms in total. The number of pyridine rings is 1. The van der Waals surface area contributed by atoms with Crippen LogP contribution in [0, 0.1) is 5.95 Å². The van der Waals surface area contributed by atoms with Crippen LogP contribution in [0.15, 0.2) is 41.6 Å². The van der Waals surface area contributed by atoms with Gasteiger partial charge in [0.15, 0.2) is 0 Å². The van der Waals surface area contributed by atoms with E-state index in [-0.39, 0.29) is 23.3 Å². The third-order valence-corrected chi connectivity index (χ3v) is 9.47. The predicted molar refractivity (Wildman–Crippen MR) is 201 cm³/mol. The van der Waals surface area contributed by atoms with E-state index in [2.05, 4.69) is 20.5 Å². The van der Waals surface area contributed by atoms with Crippen LogP contribution < -0.4 is 11.0 Å². The van der Waals surface area contributed by atoms with Crippen LogP contribution in [0.5, 0.6) is 0 Å². The van der Waals surface area contributed by atoms with E-state index in [0.717, 1.165) is 0 Å². The summed E-state index contributed by atoms with van der Waals surface area (Å²) < 4.78 is 53.7. The highest BCUT2D eigenvalue weighted by atomic mass is 19.3. The van der Waals surface area contributed by atoms with Crippen molar-refractivity contribution < 1.29 is 22.7 Å². The zero-order valence-corrected chi connectivity index (χ0v) is 29.0. The summed E-state index contributed by atoms with van der Waals surface area (Å²) >= 11 is 0. The molecule has 0 aliphatic heterocycles. The van der Waals surface area contributed by atoms with E-state index in [4.69, 9.17) is 9.72 Å². The number of hydrogen-bond donors (Lipinski definition) is 2. The van der Waals surface area contributed by atoms with E-state index in [1.165, 1.54) is 18.0 Å². The number of methoxy groups -OCH3 is 1. The Balaban J connectivity index is 1.55. The number of aromatic amines is 1. The van der Waals surface area contributed by atoms with Crippen LogP contribution in [-0.2, 0) is 21.8 Å². The Hall–Kier alpha value is -4.69. The number of H-pyrrole nitrogens is 1. The molecule has 1 amide bonds. The van der Waals surface area contributed by atoms with Gasteiger partial charge in [-0.15, -0.1) is 5.10 Å². The number of rotatable bonds is 8. The van der Waals surface area contributed by atoms with Gasteiger partial charge in [0.1, 0.15) is 59.3 Å². The number of benzene rings is 1. The van der Waals surface area contributed by atoms with Crippen molar-refractivity contribution in [2.45, 2.75) is 54.8 Å². The Morgan fingerprint density at radius 2 is 1.88 bits per heavy atom. The smallest absolute Gasteiger partial charge is 0.407 e. The summed E-state index contributed by atoms with van der Waals surface area (Å²) in [7, 11) is 12.9. The van der Waals surface area contributed by atoms with Gasteiger partial charge < -0.3 is 19.6 Å². The fraction of sp³-hybridized carbons (Fsp3) is 0.345. The fourth-order valence-corrected chi connectivity index (χ4v) is 7.25. The molecule has 2 atom stereocenters. The van der Waals surface area contributed by atoms with Gasteiger partial charge in [-0.3, -0.25) is 13.9 Å². The average molecular weight is 679 g/mol. The topological polar surface area (TPSA) is 130 Å². The molecule has 50 heavy (non-hydrogen) atoms. The van der Waals surface area contributed by atoms with Gasteiger partial charge >= 0.3 is 11.8 Å².